The van der Waals surface area contributed by atoms with Gasteiger partial charge in [0.1, 0.15) is 23.2 Å². The van der Waals surface area contributed by atoms with Crippen molar-refractivity contribution >= 4 is 32.2 Å². The number of nitrogens with zero attached hydrogens (tertiary/aromatic N) is 1. The molecule has 2 rings (SSSR count). The van der Waals surface area contributed by atoms with E-state index >= 15 is 0 Å². The van der Waals surface area contributed by atoms with E-state index in [9.17, 15) is 19.2 Å². The first kappa shape index (κ1) is 36.8. The minimum Gasteiger partial charge on any atom is -0.464 e. The molecule has 43 heavy (non-hydrogen) atoms. The summed E-state index contributed by atoms with van der Waals surface area (Å²) in [6, 6.07) is -1.70. The zero-order valence-corrected chi connectivity index (χ0v) is 29.3. The van der Waals surface area contributed by atoms with E-state index in [2.05, 4.69) is 50.6 Å². The molecule has 246 valence electrons. The molecule has 2 N–H and O–H groups in total. The molecule has 0 unspecified atom stereocenters. The summed E-state index contributed by atoms with van der Waals surface area (Å²) < 4.78 is 17.4. The summed E-state index contributed by atoms with van der Waals surface area (Å²) in [5, 5.41) is 5.64. The lowest BCUT2D eigenvalue weighted by molar-refractivity contribution is -0.149. The van der Waals surface area contributed by atoms with Gasteiger partial charge in [0.2, 0.25) is 11.8 Å². The van der Waals surface area contributed by atoms with Crippen molar-refractivity contribution in [3.05, 3.63) is 12.2 Å². The highest BCUT2D eigenvalue weighted by molar-refractivity contribution is 6.74. The summed E-state index contributed by atoms with van der Waals surface area (Å²) in [6.07, 6.45) is 8.39. The summed E-state index contributed by atoms with van der Waals surface area (Å²) in [6.45, 7) is 20.2. The van der Waals surface area contributed by atoms with Crippen LogP contribution in [0.3, 0.4) is 0 Å². The van der Waals surface area contributed by atoms with E-state index in [4.69, 9.17) is 13.9 Å². The predicted octanol–water partition coefficient (Wildman–Crippen LogP) is 5.61. The van der Waals surface area contributed by atoms with Gasteiger partial charge in [0, 0.05) is 13.0 Å². The van der Waals surface area contributed by atoms with Crippen molar-refractivity contribution in [2.45, 2.75) is 154 Å². The molecule has 0 bridgehead atoms. The number of rotatable bonds is 14. The van der Waals surface area contributed by atoms with Gasteiger partial charge in [-0.15, -0.1) is 0 Å². The van der Waals surface area contributed by atoms with Crippen LogP contribution in [0.1, 0.15) is 107 Å². The number of carbonyl (C=O) groups excluding carboxylic acids is 4. The molecule has 1 aliphatic carbocycles. The SMILES string of the molecule is C/C=C\CCCCC[C@H](NC(=O)OC(C)(C)C)C(=O)N1C[C@H](O[Si](C)(C)C(C)(C)C)C[C@H]1C(=O)NC1(C(=O)OCC)CC1. The van der Waals surface area contributed by atoms with Crippen molar-refractivity contribution in [1.82, 2.24) is 15.5 Å². The molecule has 11 heteroatoms. The molecule has 0 aromatic rings. The maximum Gasteiger partial charge on any atom is 0.408 e. The molecule has 1 aliphatic heterocycles. The van der Waals surface area contributed by atoms with Crippen molar-refractivity contribution in [3.63, 3.8) is 0 Å². The second kappa shape index (κ2) is 15.1. The number of hydrogen-bond acceptors (Lipinski definition) is 7. The van der Waals surface area contributed by atoms with Gasteiger partial charge in [-0.2, -0.15) is 0 Å². The van der Waals surface area contributed by atoms with Crippen LogP contribution in [-0.2, 0) is 28.3 Å². The van der Waals surface area contributed by atoms with Crippen LogP contribution in [0, 0.1) is 0 Å². The van der Waals surface area contributed by atoms with E-state index in [1.165, 1.54) is 4.90 Å². The number of allylic oxidation sites excluding steroid dienone is 2. The van der Waals surface area contributed by atoms with E-state index in [0.717, 1.165) is 25.7 Å². The number of nitrogens with one attached hydrogen (secondary N) is 2. The third-order valence-electron chi connectivity index (χ3n) is 8.48. The lowest BCUT2D eigenvalue weighted by atomic mass is 10.0. The smallest absolute Gasteiger partial charge is 0.408 e. The molecule has 0 aromatic carbocycles. The summed E-state index contributed by atoms with van der Waals surface area (Å²) >= 11 is 0. The van der Waals surface area contributed by atoms with Gasteiger partial charge >= 0.3 is 12.1 Å². The van der Waals surface area contributed by atoms with Gasteiger partial charge in [0.25, 0.3) is 0 Å². The standard InChI is InChI=1S/C32H57N3O7Si/c1-11-13-14-15-16-17-18-24(33-29(39)41-30(3,4)5)27(37)35-22-23(42-43(9,10)31(6,7)8)21-25(35)26(36)34-32(19-20-32)28(38)40-12-2/h11,13,23-25H,12,14-22H2,1-10H3,(H,33,39)(H,34,36)/b13-11-/t23-,24+,25+/m1/s1. The second-order valence-corrected chi connectivity index (χ2v) is 19.2. The Bertz CT molecular complexity index is 1010. The number of hydrogen-bond donors (Lipinski definition) is 2. The van der Waals surface area contributed by atoms with Crippen LogP contribution in [0.2, 0.25) is 18.1 Å². The van der Waals surface area contributed by atoms with Crippen molar-refractivity contribution < 1.29 is 33.1 Å². The van der Waals surface area contributed by atoms with E-state index < -0.39 is 49.5 Å². The van der Waals surface area contributed by atoms with Crippen molar-refractivity contribution in [3.8, 4) is 0 Å². The van der Waals surface area contributed by atoms with Crippen LogP contribution in [0.25, 0.3) is 0 Å². The third-order valence-corrected chi connectivity index (χ3v) is 13.0. The third kappa shape index (κ3) is 10.9. The van der Waals surface area contributed by atoms with Crippen molar-refractivity contribution in [1.29, 1.82) is 0 Å². The molecular formula is C32H57N3O7Si. The first-order valence-corrected chi connectivity index (χ1v) is 18.8. The molecule has 1 saturated carbocycles. The Morgan fingerprint density at radius 3 is 2.23 bits per heavy atom. The molecule has 3 atom stereocenters. The first-order chi connectivity index (χ1) is 19.9. The highest BCUT2D eigenvalue weighted by Gasteiger charge is 2.55. The highest BCUT2D eigenvalue weighted by Crippen LogP contribution is 2.40. The second-order valence-electron chi connectivity index (χ2n) is 14.4. The molecule has 1 saturated heterocycles. The Hall–Kier alpha value is -2.40. The quantitative estimate of drug-likeness (QED) is 0.112. The fourth-order valence-corrected chi connectivity index (χ4v) is 6.28. The van der Waals surface area contributed by atoms with E-state index in [1.807, 2.05) is 13.0 Å². The molecule has 3 amide bonds. The van der Waals surface area contributed by atoms with Gasteiger partial charge in [-0.1, -0.05) is 45.8 Å². The lowest BCUT2D eigenvalue weighted by Crippen LogP contribution is -2.56. The van der Waals surface area contributed by atoms with Crippen molar-refractivity contribution in [2.24, 2.45) is 0 Å². The van der Waals surface area contributed by atoms with E-state index in [-0.39, 0.29) is 30.2 Å². The number of likely N-dealkylation sites (tertiary alicyclic amines) is 1. The maximum atomic E-state index is 14.2. The maximum absolute atomic E-state index is 14.2. The van der Waals surface area contributed by atoms with Gasteiger partial charge in [-0.25, -0.2) is 9.59 Å². The number of unbranched alkanes of at least 4 members (excludes halogenated alkanes) is 3. The van der Waals surface area contributed by atoms with Crippen LogP contribution in [0.5, 0.6) is 0 Å². The first-order valence-electron chi connectivity index (χ1n) is 15.9. The van der Waals surface area contributed by atoms with Crippen LogP contribution in [-0.4, -0.2) is 79.6 Å². The molecule has 1 heterocycles. The zero-order chi connectivity index (χ0) is 32.6. The van der Waals surface area contributed by atoms with Gasteiger partial charge in [0.05, 0.1) is 12.7 Å². The largest absolute Gasteiger partial charge is 0.464 e. The van der Waals surface area contributed by atoms with Crippen LogP contribution < -0.4 is 10.6 Å². The minimum atomic E-state index is -2.22. The zero-order valence-electron chi connectivity index (χ0n) is 28.3. The Morgan fingerprint density at radius 1 is 1.05 bits per heavy atom. The van der Waals surface area contributed by atoms with Gasteiger partial charge in [-0.05, 0) is 84.9 Å². The summed E-state index contributed by atoms with van der Waals surface area (Å²) in [5.41, 5.74) is -1.77. The minimum absolute atomic E-state index is 0.0576. The summed E-state index contributed by atoms with van der Waals surface area (Å²) in [7, 11) is -2.22. The molecule has 10 nitrogen and oxygen atoms in total. The molecular weight excluding hydrogens is 566 g/mol. The number of esters is 1. The molecule has 0 spiro atoms. The molecule has 2 fully saturated rings. The highest BCUT2D eigenvalue weighted by atomic mass is 28.4. The summed E-state index contributed by atoms with van der Waals surface area (Å²) in [4.78, 5) is 54.9. The van der Waals surface area contributed by atoms with Crippen molar-refractivity contribution in [2.75, 3.05) is 13.2 Å². The number of ether oxygens (including phenoxy) is 2. The Balaban J connectivity index is 2.31. The Morgan fingerprint density at radius 2 is 1.70 bits per heavy atom. The van der Waals surface area contributed by atoms with Crippen LogP contribution in [0.15, 0.2) is 12.2 Å². The van der Waals surface area contributed by atoms with Gasteiger partial charge in [0.15, 0.2) is 8.32 Å². The molecule has 2 aliphatic rings. The van der Waals surface area contributed by atoms with Gasteiger partial charge in [-0.3, -0.25) is 9.59 Å². The molecule has 0 radical (unpaired) electrons. The summed E-state index contributed by atoms with van der Waals surface area (Å²) in [5.74, 6) is -1.19. The van der Waals surface area contributed by atoms with E-state index in [0.29, 0.717) is 25.7 Å². The van der Waals surface area contributed by atoms with E-state index in [1.54, 1.807) is 27.7 Å². The normalized spacial score (nSPS) is 20.9. The fraction of sp³-hybridized carbons (Fsp3) is 0.812. The number of carbonyl (C=O) groups is 4. The predicted molar refractivity (Wildman–Crippen MR) is 170 cm³/mol. The average Bonchev–Trinajstić information content (AvgIpc) is 3.54. The number of alkyl carbamates (subject to hydrolysis) is 1. The fourth-order valence-electron chi connectivity index (χ4n) is 4.92. The Kier molecular flexibility index (Phi) is 12.9. The Labute approximate surface area is 260 Å². The van der Waals surface area contributed by atoms with Crippen LogP contribution in [0.4, 0.5) is 4.79 Å². The molecule has 0 aromatic heterocycles. The van der Waals surface area contributed by atoms with Gasteiger partial charge < -0.3 is 29.4 Å². The lowest BCUT2D eigenvalue weighted by Gasteiger charge is -2.38. The van der Waals surface area contributed by atoms with Crippen LogP contribution >= 0.6 is 0 Å². The average molecular weight is 624 g/mol. The topological polar surface area (TPSA) is 123 Å². The monoisotopic (exact) mass is 623 g/mol. The number of amides is 3.